The smallest absolute Gasteiger partial charge is 0.379 e. The van der Waals surface area contributed by atoms with E-state index in [2.05, 4.69) is 6.72 Å². The first-order valence-corrected chi connectivity index (χ1v) is 4.87. The average molecular weight is 244 g/mol. The van der Waals surface area contributed by atoms with Crippen LogP contribution in [-0.4, -0.2) is 35.7 Å². The van der Waals surface area contributed by atoms with Crippen LogP contribution in [0.5, 0.6) is 0 Å². The highest BCUT2D eigenvalue weighted by Crippen LogP contribution is 2.30. The lowest BCUT2D eigenvalue weighted by Gasteiger charge is -2.16. The molecule has 0 amide bonds. The monoisotopic (exact) mass is 244 g/mol. The van der Waals surface area contributed by atoms with E-state index >= 15 is 0 Å². The van der Waals surface area contributed by atoms with Crippen LogP contribution >= 0.6 is 0 Å². The van der Waals surface area contributed by atoms with Crippen LogP contribution in [-0.2, 0) is 0 Å². The highest BCUT2D eigenvalue weighted by atomic mass is 19.4. The average Bonchev–Trinajstić information content (AvgIpc) is 2.24. The minimum absolute atomic E-state index is 0.226. The summed E-state index contributed by atoms with van der Waals surface area (Å²) in [7, 11) is 1.49. The first kappa shape index (κ1) is 13.4. The molecule has 0 aliphatic heterocycles. The molecule has 0 bridgehead atoms. The Morgan fingerprint density at radius 2 is 1.88 bits per heavy atom. The standard InChI is InChI=1S/C12H13F3NO/c1-16(2)8-10(11(17)12(13,14)15)9-6-4-3-5-7-9/h3-8,11,17H,1H2,2H3/q+1/b10-8+. The van der Waals surface area contributed by atoms with Gasteiger partial charge in [-0.25, -0.2) is 4.58 Å². The number of hydrogen-bond acceptors (Lipinski definition) is 1. The third-order valence-electron chi connectivity index (χ3n) is 2.07. The summed E-state index contributed by atoms with van der Waals surface area (Å²) in [5.74, 6) is 0. The maximum Gasteiger partial charge on any atom is 0.418 e. The van der Waals surface area contributed by atoms with Gasteiger partial charge in [0.25, 0.3) is 0 Å². The van der Waals surface area contributed by atoms with Crippen molar-refractivity contribution in [2.45, 2.75) is 12.3 Å². The SMILES string of the molecule is C=[N+](C)/C=C(\c1ccccc1)C(O)C(F)(F)F. The Balaban J connectivity index is 3.20. The largest absolute Gasteiger partial charge is 0.418 e. The molecule has 1 N–H and O–H groups in total. The van der Waals surface area contributed by atoms with Crippen molar-refractivity contribution < 1.29 is 22.9 Å². The quantitative estimate of drug-likeness (QED) is 0.640. The molecule has 17 heavy (non-hydrogen) atoms. The molecular weight excluding hydrogens is 231 g/mol. The van der Waals surface area contributed by atoms with Crippen LogP contribution in [0, 0.1) is 0 Å². The van der Waals surface area contributed by atoms with Gasteiger partial charge in [0.15, 0.2) is 12.3 Å². The molecule has 1 unspecified atom stereocenters. The molecule has 1 atom stereocenters. The molecule has 0 saturated carbocycles. The van der Waals surface area contributed by atoms with Crippen LogP contribution in [0.3, 0.4) is 0 Å². The number of benzene rings is 1. The fourth-order valence-corrected chi connectivity index (χ4v) is 1.35. The van der Waals surface area contributed by atoms with E-state index in [1.54, 1.807) is 18.2 Å². The van der Waals surface area contributed by atoms with E-state index in [4.69, 9.17) is 0 Å². The van der Waals surface area contributed by atoms with Crippen molar-refractivity contribution in [2.75, 3.05) is 7.05 Å². The lowest BCUT2D eigenvalue weighted by atomic mass is 10.0. The van der Waals surface area contributed by atoms with Crippen molar-refractivity contribution >= 4 is 12.3 Å². The van der Waals surface area contributed by atoms with Gasteiger partial charge in [0.1, 0.15) is 13.8 Å². The van der Waals surface area contributed by atoms with E-state index in [0.717, 1.165) is 6.20 Å². The second kappa shape index (κ2) is 5.14. The van der Waals surface area contributed by atoms with Gasteiger partial charge in [-0.2, -0.15) is 13.2 Å². The van der Waals surface area contributed by atoms with E-state index < -0.39 is 12.3 Å². The van der Waals surface area contributed by atoms with E-state index in [1.807, 2.05) is 0 Å². The molecule has 0 aromatic heterocycles. The molecule has 0 spiro atoms. The summed E-state index contributed by atoms with van der Waals surface area (Å²) < 4.78 is 38.7. The molecule has 0 heterocycles. The Bertz CT molecular complexity index is 423. The Labute approximate surface area is 97.3 Å². The number of halogens is 3. The van der Waals surface area contributed by atoms with Crippen LogP contribution in [0.25, 0.3) is 5.57 Å². The zero-order valence-electron chi connectivity index (χ0n) is 9.28. The number of nitrogens with zero attached hydrogens (tertiary/aromatic N) is 1. The summed E-state index contributed by atoms with van der Waals surface area (Å²) in [6, 6.07) is 7.91. The van der Waals surface area contributed by atoms with Gasteiger partial charge in [-0.3, -0.25) is 0 Å². The number of aliphatic hydroxyl groups is 1. The van der Waals surface area contributed by atoms with Crippen molar-refractivity contribution in [1.29, 1.82) is 0 Å². The number of hydrogen-bond donors (Lipinski definition) is 1. The second-order valence-electron chi connectivity index (χ2n) is 3.65. The summed E-state index contributed by atoms with van der Waals surface area (Å²) in [6.07, 6.45) is -6.06. The fraction of sp³-hybridized carbons (Fsp3) is 0.250. The highest BCUT2D eigenvalue weighted by molar-refractivity contribution is 5.68. The summed E-state index contributed by atoms with van der Waals surface area (Å²) in [5.41, 5.74) is 0.0865. The summed E-state index contributed by atoms with van der Waals surface area (Å²) in [5, 5.41) is 9.30. The number of aliphatic hydroxyl groups excluding tert-OH is 1. The van der Waals surface area contributed by atoms with Gasteiger partial charge in [-0.15, -0.1) is 0 Å². The zero-order chi connectivity index (χ0) is 13.1. The predicted molar refractivity (Wildman–Crippen MR) is 59.8 cm³/mol. The Morgan fingerprint density at radius 3 is 2.29 bits per heavy atom. The molecule has 0 aliphatic rings. The normalized spacial score (nSPS) is 14.5. The predicted octanol–water partition coefficient (Wildman–Crippen LogP) is 2.29. The molecule has 0 saturated heterocycles. The van der Waals surface area contributed by atoms with Crippen molar-refractivity contribution in [3.63, 3.8) is 0 Å². The van der Waals surface area contributed by atoms with Crippen LogP contribution in [0.15, 0.2) is 36.5 Å². The Kier molecular flexibility index (Phi) is 4.07. The molecule has 1 aromatic carbocycles. The van der Waals surface area contributed by atoms with Crippen LogP contribution in [0.4, 0.5) is 13.2 Å². The molecule has 0 fully saturated rings. The molecule has 0 aliphatic carbocycles. The van der Waals surface area contributed by atoms with Gasteiger partial charge >= 0.3 is 6.18 Å². The molecule has 0 radical (unpaired) electrons. The summed E-state index contributed by atoms with van der Waals surface area (Å²) >= 11 is 0. The van der Waals surface area contributed by atoms with E-state index in [9.17, 15) is 18.3 Å². The zero-order valence-corrected chi connectivity index (χ0v) is 9.28. The third kappa shape index (κ3) is 3.71. The van der Waals surface area contributed by atoms with Gasteiger partial charge < -0.3 is 5.11 Å². The minimum Gasteiger partial charge on any atom is -0.379 e. The first-order chi connectivity index (χ1) is 7.82. The molecule has 2 nitrogen and oxygen atoms in total. The fourth-order valence-electron chi connectivity index (χ4n) is 1.35. The van der Waals surface area contributed by atoms with Gasteiger partial charge in [-0.05, 0) is 5.56 Å². The topological polar surface area (TPSA) is 23.2 Å². The lowest BCUT2D eigenvalue weighted by molar-refractivity contribution is -0.411. The van der Waals surface area contributed by atoms with E-state index in [0.29, 0.717) is 5.56 Å². The van der Waals surface area contributed by atoms with Crippen molar-refractivity contribution in [2.24, 2.45) is 0 Å². The molecule has 1 aromatic rings. The number of alkyl halides is 3. The van der Waals surface area contributed by atoms with Crippen molar-refractivity contribution in [1.82, 2.24) is 0 Å². The van der Waals surface area contributed by atoms with Gasteiger partial charge in [0.05, 0.1) is 5.57 Å². The van der Waals surface area contributed by atoms with Crippen LogP contribution < -0.4 is 0 Å². The molecule has 92 valence electrons. The number of rotatable bonds is 3. The Morgan fingerprint density at radius 1 is 1.35 bits per heavy atom. The minimum atomic E-state index is -4.70. The summed E-state index contributed by atoms with van der Waals surface area (Å²) in [4.78, 5) is 0. The second-order valence-corrected chi connectivity index (χ2v) is 3.65. The van der Waals surface area contributed by atoms with E-state index in [-0.39, 0.29) is 5.57 Å². The Hall–Kier alpha value is -1.62. The van der Waals surface area contributed by atoms with Crippen molar-refractivity contribution in [3.8, 4) is 0 Å². The highest BCUT2D eigenvalue weighted by Gasteiger charge is 2.42. The third-order valence-corrected chi connectivity index (χ3v) is 2.07. The van der Waals surface area contributed by atoms with Gasteiger partial charge in [0.2, 0.25) is 0 Å². The maximum atomic E-state index is 12.5. The van der Waals surface area contributed by atoms with Crippen molar-refractivity contribution in [3.05, 3.63) is 42.1 Å². The molecule has 5 heteroatoms. The maximum absolute atomic E-state index is 12.5. The molecular formula is C12H13F3NO+. The van der Waals surface area contributed by atoms with E-state index in [1.165, 1.54) is 23.8 Å². The van der Waals surface area contributed by atoms with Crippen LogP contribution in [0.1, 0.15) is 5.56 Å². The first-order valence-electron chi connectivity index (χ1n) is 4.87. The molecule has 1 rings (SSSR count). The lowest BCUT2D eigenvalue weighted by Crippen LogP contribution is -2.30. The van der Waals surface area contributed by atoms with Gasteiger partial charge in [-0.1, -0.05) is 30.3 Å². The summed E-state index contributed by atoms with van der Waals surface area (Å²) in [6.45, 7) is 3.45. The van der Waals surface area contributed by atoms with Crippen LogP contribution in [0.2, 0.25) is 0 Å². The van der Waals surface area contributed by atoms with Gasteiger partial charge in [0, 0.05) is 0 Å².